The predicted molar refractivity (Wildman–Crippen MR) is 160 cm³/mol. The maximum atomic E-state index is 13.1. The monoisotopic (exact) mass is 602 g/mol. The summed E-state index contributed by atoms with van der Waals surface area (Å²) in [5, 5.41) is 6.95. The van der Waals surface area contributed by atoms with E-state index in [0.717, 1.165) is 23.0 Å². The molecule has 4 aromatic rings. The van der Waals surface area contributed by atoms with Crippen LogP contribution in [0.25, 0.3) is 10.9 Å². The third kappa shape index (κ3) is 7.49. The number of hydrogen-bond acceptors (Lipinski definition) is 7. The van der Waals surface area contributed by atoms with Crippen LogP contribution in [-0.4, -0.2) is 53.1 Å². The maximum Gasteiger partial charge on any atom is 0.255 e. The smallest absolute Gasteiger partial charge is 0.255 e. The first-order valence-electron chi connectivity index (χ1n) is 12.8. The van der Waals surface area contributed by atoms with Crippen LogP contribution >= 0.6 is 15.9 Å². The van der Waals surface area contributed by atoms with E-state index in [9.17, 15) is 14.4 Å². The zero-order valence-corrected chi connectivity index (χ0v) is 23.9. The van der Waals surface area contributed by atoms with Gasteiger partial charge in [-0.3, -0.25) is 14.4 Å². The molecule has 4 N–H and O–H groups in total. The van der Waals surface area contributed by atoms with Gasteiger partial charge in [0.25, 0.3) is 11.8 Å². The van der Waals surface area contributed by atoms with Gasteiger partial charge in [0.1, 0.15) is 17.9 Å². The van der Waals surface area contributed by atoms with E-state index < -0.39 is 11.9 Å². The molecular formula is C30H31BrN6O3. The highest BCUT2D eigenvalue weighted by Crippen LogP contribution is 2.29. The highest BCUT2D eigenvalue weighted by atomic mass is 79.9. The molecule has 1 atom stereocenters. The van der Waals surface area contributed by atoms with Gasteiger partial charge in [0.2, 0.25) is 0 Å². The topological polar surface area (TPSA) is 130 Å². The van der Waals surface area contributed by atoms with Crippen molar-refractivity contribution in [3.05, 3.63) is 94.2 Å². The Morgan fingerprint density at radius 2 is 1.75 bits per heavy atom. The number of rotatable bonds is 12. The lowest BCUT2D eigenvalue weighted by atomic mass is 9.98. The second-order valence-electron chi connectivity index (χ2n) is 9.72. The molecular weight excluding hydrogens is 572 g/mol. The van der Waals surface area contributed by atoms with E-state index in [1.54, 1.807) is 36.4 Å². The Morgan fingerprint density at radius 3 is 2.48 bits per heavy atom. The molecule has 0 bridgehead atoms. The first kappa shape index (κ1) is 28.8. The van der Waals surface area contributed by atoms with Crippen molar-refractivity contribution in [2.24, 2.45) is 5.73 Å². The van der Waals surface area contributed by atoms with Crippen molar-refractivity contribution in [1.29, 1.82) is 0 Å². The quantitative estimate of drug-likeness (QED) is 0.203. The molecule has 0 fully saturated rings. The van der Waals surface area contributed by atoms with Gasteiger partial charge in [0.15, 0.2) is 0 Å². The summed E-state index contributed by atoms with van der Waals surface area (Å²) >= 11 is 3.38. The van der Waals surface area contributed by atoms with Crippen LogP contribution in [0.2, 0.25) is 0 Å². The number of benzene rings is 3. The number of Topliss-reactive ketones (excluding diaryl/α,β-unsaturated/α-hetero) is 1. The summed E-state index contributed by atoms with van der Waals surface area (Å²) in [5.41, 5.74) is 8.20. The fourth-order valence-electron chi connectivity index (χ4n) is 4.38. The second kappa shape index (κ2) is 13.3. The number of nitrogens with two attached hydrogens (primary N) is 1. The van der Waals surface area contributed by atoms with Gasteiger partial charge < -0.3 is 21.3 Å². The van der Waals surface area contributed by atoms with Gasteiger partial charge in [-0.15, -0.1) is 0 Å². The van der Waals surface area contributed by atoms with Crippen molar-refractivity contribution in [3.8, 4) is 0 Å². The fraction of sp³-hybridized carbons (Fsp3) is 0.233. The normalized spacial score (nSPS) is 11.8. The summed E-state index contributed by atoms with van der Waals surface area (Å²) in [4.78, 5) is 48.6. The highest BCUT2D eigenvalue weighted by molar-refractivity contribution is 9.10. The van der Waals surface area contributed by atoms with Crippen LogP contribution in [0, 0.1) is 0 Å². The molecule has 206 valence electrons. The molecule has 0 radical (unpaired) electrons. The maximum absolute atomic E-state index is 13.1. The number of nitrogens with zero attached hydrogens (tertiary/aromatic N) is 3. The minimum absolute atomic E-state index is 0.0971. The van der Waals surface area contributed by atoms with Crippen molar-refractivity contribution in [3.63, 3.8) is 0 Å². The first-order valence-corrected chi connectivity index (χ1v) is 13.6. The Balaban J connectivity index is 1.63. The van der Waals surface area contributed by atoms with Crippen LogP contribution in [0.1, 0.15) is 51.6 Å². The number of ketones is 1. The van der Waals surface area contributed by atoms with Crippen molar-refractivity contribution in [2.45, 2.75) is 25.3 Å². The fourth-order valence-corrected chi connectivity index (χ4v) is 4.64. The third-order valence-corrected chi connectivity index (χ3v) is 6.92. The van der Waals surface area contributed by atoms with Gasteiger partial charge >= 0.3 is 0 Å². The van der Waals surface area contributed by atoms with Crippen molar-refractivity contribution >= 4 is 55.9 Å². The lowest BCUT2D eigenvalue weighted by Gasteiger charge is -2.21. The summed E-state index contributed by atoms with van der Waals surface area (Å²) in [7, 11) is 3.95. The summed E-state index contributed by atoms with van der Waals surface area (Å²) < 4.78 is 0.885. The Kier molecular flexibility index (Phi) is 9.57. The average molecular weight is 604 g/mol. The third-order valence-electron chi connectivity index (χ3n) is 6.39. The van der Waals surface area contributed by atoms with Crippen molar-refractivity contribution in [1.82, 2.24) is 14.9 Å². The lowest BCUT2D eigenvalue weighted by Crippen LogP contribution is -2.19. The summed E-state index contributed by atoms with van der Waals surface area (Å²) in [6.07, 6.45) is 2.76. The number of carbonyl (C=O) groups is 3. The number of fused-ring (bicyclic) bond motifs is 1. The molecule has 10 heteroatoms. The molecule has 2 amide bonds. The molecule has 0 aliphatic rings. The number of halogens is 1. The standard InChI is InChI=1S/C30H31BrN6O3/c1-37(2)15-5-8-23(38)17-26(36-29-25-10-4-9-24(28(32)39)27(25)33-18-34-29)20-6-3-7-22(16-20)35-30(40)19-11-13-21(31)14-12-19/h3-4,6-7,9-14,16,18,26H,5,8,15,17H2,1-2H3,(H2,32,39)(H,35,40)(H,33,34,36). The van der Waals surface area contributed by atoms with Gasteiger partial charge in [0, 0.05) is 34.0 Å². The minimum atomic E-state index is -0.586. The number of para-hydroxylation sites is 1. The molecule has 1 aromatic heterocycles. The van der Waals surface area contributed by atoms with E-state index in [4.69, 9.17) is 5.73 Å². The largest absolute Gasteiger partial charge is 0.366 e. The Hall–Kier alpha value is -4.15. The highest BCUT2D eigenvalue weighted by Gasteiger charge is 2.20. The molecule has 4 rings (SSSR count). The van der Waals surface area contributed by atoms with Gasteiger partial charge in [-0.25, -0.2) is 9.97 Å². The van der Waals surface area contributed by atoms with Crippen LogP contribution in [0.15, 0.2) is 77.5 Å². The van der Waals surface area contributed by atoms with E-state index >= 15 is 0 Å². The molecule has 0 saturated heterocycles. The molecule has 3 aromatic carbocycles. The minimum Gasteiger partial charge on any atom is -0.366 e. The molecule has 1 unspecified atom stereocenters. The Morgan fingerprint density at radius 1 is 1.00 bits per heavy atom. The number of amides is 2. The Bertz CT molecular complexity index is 1520. The predicted octanol–water partition coefficient (Wildman–Crippen LogP) is 5.20. The zero-order chi connectivity index (χ0) is 28.6. The molecule has 40 heavy (non-hydrogen) atoms. The van der Waals surface area contributed by atoms with E-state index in [1.807, 2.05) is 49.3 Å². The van der Waals surface area contributed by atoms with E-state index in [2.05, 4.69) is 36.5 Å². The van der Waals surface area contributed by atoms with E-state index in [-0.39, 0.29) is 23.7 Å². The number of hydrogen-bond donors (Lipinski definition) is 3. The van der Waals surface area contributed by atoms with Crippen molar-refractivity contribution in [2.75, 3.05) is 31.3 Å². The van der Waals surface area contributed by atoms with E-state index in [1.165, 1.54) is 6.33 Å². The number of primary amides is 1. The van der Waals surface area contributed by atoms with Crippen LogP contribution in [0.3, 0.4) is 0 Å². The average Bonchev–Trinajstić information content (AvgIpc) is 2.92. The molecule has 1 heterocycles. The number of anilines is 2. The first-order chi connectivity index (χ1) is 19.2. The molecule has 0 aliphatic carbocycles. The lowest BCUT2D eigenvalue weighted by molar-refractivity contribution is -0.119. The van der Waals surface area contributed by atoms with Gasteiger partial charge in [0.05, 0.1) is 17.1 Å². The van der Waals surface area contributed by atoms with Crippen LogP contribution in [-0.2, 0) is 4.79 Å². The van der Waals surface area contributed by atoms with Gasteiger partial charge in [-0.05, 0) is 81.2 Å². The number of carbonyl (C=O) groups excluding carboxylic acids is 3. The Labute approximate surface area is 241 Å². The second-order valence-corrected chi connectivity index (χ2v) is 10.6. The van der Waals surface area contributed by atoms with Gasteiger partial charge in [-0.1, -0.05) is 34.1 Å². The van der Waals surface area contributed by atoms with Crippen LogP contribution in [0.4, 0.5) is 11.5 Å². The SMILES string of the molecule is CN(C)CCCC(=O)CC(Nc1ncnc2c(C(N)=O)cccc12)c1cccc(NC(=O)c2ccc(Br)cc2)c1. The van der Waals surface area contributed by atoms with E-state index in [0.29, 0.717) is 34.4 Å². The van der Waals surface area contributed by atoms with Crippen molar-refractivity contribution < 1.29 is 14.4 Å². The zero-order valence-electron chi connectivity index (χ0n) is 22.4. The van der Waals surface area contributed by atoms with Crippen LogP contribution in [0.5, 0.6) is 0 Å². The molecule has 0 saturated carbocycles. The summed E-state index contributed by atoms with van der Waals surface area (Å²) in [5.74, 6) is -0.255. The van der Waals surface area contributed by atoms with Gasteiger partial charge in [-0.2, -0.15) is 0 Å². The summed E-state index contributed by atoms with van der Waals surface area (Å²) in [6, 6.07) is 19.2. The number of aromatic nitrogens is 2. The molecule has 9 nitrogen and oxygen atoms in total. The van der Waals surface area contributed by atoms with Crippen LogP contribution < -0.4 is 16.4 Å². The number of nitrogens with one attached hydrogen (secondary N) is 2. The summed E-state index contributed by atoms with van der Waals surface area (Å²) in [6.45, 7) is 0.813. The molecule has 0 aliphatic heterocycles. The molecule has 0 spiro atoms.